The maximum absolute atomic E-state index is 12.9. The minimum Gasteiger partial charge on any atom is -0.494 e. The fourth-order valence-electron chi connectivity index (χ4n) is 1.95. The summed E-state index contributed by atoms with van der Waals surface area (Å²) in [4.78, 5) is 11.3. The van der Waals surface area contributed by atoms with Crippen molar-refractivity contribution in [1.29, 1.82) is 0 Å². The Morgan fingerprint density at radius 1 is 1.14 bits per heavy atom. The number of hydrogen-bond acceptors (Lipinski definition) is 2. The summed E-state index contributed by atoms with van der Waals surface area (Å²) in [6.07, 6.45) is 0.316. The van der Waals surface area contributed by atoms with Gasteiger partial charge in [-0.1, -0.05) is 28.1 Å². The van der Waals surface area contributed by atoms with Crippen LogP contribution in [-0.2, 0) is 4.79 Å². The smallest absolute Gasteiger partial charge is 0.311 e. The van der Waals surface area contributed by atoms with Crippen LogP contribution >= 0.6 is 15.9 Å². The highest BCUT2D eigenvalue weighted by molar-refractivity contribution is 9.10. The molecule has 1 atom stereocenters. The van der Waals surface area contributed by atoms with Crippen molar-refractivity contribution in [2.45, 2.75) is 12.3 Å². The molecule has 0 spiro atoms. The molecule has 2 aromatic carbocycles. The van der Waals surface area contributed by atoms with Gasteiger partial charge in [0, 0.05) is 4.47 Å². The van der Waals surface area contributed by atoms with Gasteiger partial charge in [0.1, 0.15) is 11.6 Å². The van der Waals surface area contributed by atoms with Crippen LogP contribution in [0.1, 0.15) is 17.9 Å². The zero-order chi connectivity index (χ0) is 15.2. The van der Waals surface area contributed by atoms with Gasteiger partial charge in [-0.05, 0) is 48.4 Å². The fourth-order valence-corrected chi connectivity index (χ4v) is 2.22. The van der Waals surface area contributed by atoms with E-state index in [1.807, 2.05) is 12.1 Å². The molecule has 0 saturated carbocycles. The van der Waals surface area contributed by atoms with Crippen LogP contribution in [0.15, 0.2) is 53.0 Å². The quantitative estimate of drug-likeness (QED) is 0.846. The van der Waals surface area contributed by atoms with E-state index in [-0.39, 0.29) is 12.4 Å². The molecular weight excluding hydrogens is 339 g/mol. The molecule has 0 aromatic heterocycles. The standard InChI is InChI=1S/C16H14BrFO3/c17-12-3-7-14(8-4-12)21-10-9-15(16(19)20)11-1-5-13(18)6-2-11/h1-8,15H,9-10H2,(H,19,20). The Hall–Kier alpha value is -1.88. The molecule has 0 fully saturated rings. The van der Waals surface area contributed by atoms with Gasteiger partial charge in [0.05, 0.1) is 12.5 Å². The molecule has 2 aromatic rings. The van der Waals surface area contributed by atoms with Crippen LogP contribution in [0.4, 0.5) is 4.39 Å². The largest absolute Gasteiger partial charge is 0.494 e. The van der Waals surface area contributed by atoms with Crippen LogP contribution in [0.5, 0.6) is 5.75 Å². The molecule has 0 heterocycles. The van der Waals surface area contributed by atoms with E-state index in [2.05, 4.69) is 15.9 Å². The summed E-state index contributed by atoms with van der Waals surface area (Å²) in [7, 11) is 0. The minimum atomic E-state index is -0.944. The average molecular weight is 353 g/mol. The lowest BCUT2D eigenvalue weighted by Crippen LogP contribution is -2.15. The van der Waals surface area contributed by atoms with Gasteiger partial charge in [-0.15, -0.1) is 0 Å². The third-order valence-corrected chi connectivity index (χ3v) is 3.59. The molecule has 0 saturated heterocycles. The molecule has 1 unspecified atom stereocenters. The molecule has 21 heavy (non-hydrogen) atoms. The summed E-state index contributed by atoms with van der Waals surface area (Å²) in [6, 6.07) is 12.8. The first-order chi connectivity index (χ1) is 10.1. The maximum atomic E-state index is 12.9. The van der Waals surface area contributed by atoms with Crippen molar-refractivity contribution in [3.05, 3.63) is 64.4 Å². The van der Waals surface area contributed by atoms with Crippen LogP contribution in [0.25, 0.3) is 0 Å². The zero-order valence-electron chi connectivity index (χ0n) is 11.1. The first-order valence-corrected chi connectivity index (χ1v) is 7.22. The van der Waals surface area contributed by atoms with Gasteiger partial charge < -0.3 is 9.84 Å². The second kappa shape index (κ2) is 7.22. The number of carbonyl (C=O) groups is 1. The van der Waals surface area contributed by atoms with Crippen molar-refractivity contribution in [2.75, 3.05) is 6.61 Å². The summed E-state index contributed by atoms with van der Waals surface area (Å²) in [5, 5.41) is 9.27. The lowest BCUT2D eigenvalue weighted by Gasteiger charge is -2.13. The van der Waals surface area contributed by atoms with E-state index in [1.165, 1.54) is 24.3 Å². The average Bonchev–Trinajstić information content (AvgIpc) is 2.46. The van der Waals surface area contributed by atoms with Crippen LogP contribution < -0.4 is 4.74 Å². The third-order valence-electron chi connectivity index (χ3n) is 3.06. The highest BCUT2D eigenvalue weighted by Crippen LogP contribution is 2.22. The molecule has 5 heteroatoms. The van der Waals surface area contributed by atoms with E-state index < -0.39 is 11.9 Å². The van der Waals surface area contributed by atoms with Crippen molar-refractivity contribution in [2.24, 2.45) is 0 Å². The number of hydrogen-bond donors (Lipinski definition) is 1. The van der Waals surface area contributed by atoms with Gasteiger partial charge in [0.25, 0.3) is 0 Å². The summed E-state index contributed by atoms with van der Waals surface area (Å²) < 4.78 is 19.4. The second-order valence-corrected chi connectivity index (χ2v) is 5.45. The Labute approximate surface area is 130 Å². The predicted octanol–water partition coefficient (Wildman–Crippen LogP) is 4.23. The Balaban J connectivity index is 1.96. The monoisotopic (exact) mass is 352 g/mol. The van der Waals surface area contributed by atoms with Gasteiger partial charge in [-0.25, -0.2) is 4.39 Å². The van der Waals surface area contributed by atoms with Crippen LogP contribution in [0.2, 0.25) is 0 Å². The number of aliphatic carboxylic acids is 1. The summed E-state index contributed by atoms with van der Waals surface area (Å²) in [5.41, 5.74) is 0.573. The molecule has 0 amide bonds. The van der Waals surface area contributed by atoms with Crippen molar-refractivity contribution in [3.8, 4) is 5.75 Å². The molecular formula is C16H14BrFO3. The number of rotatable bonds is 6. The highest BCUT2D eigenvalue weighted by Gasteiger charge is 2.19. The number of halogens is 2. The van der Waals surface area contributed by atoms with Gasteiger partial charge in [-0.2, -0.15) is 0 Å². The maximum Gasteiger partial charge on any atom is 0.311 e. The summed E-state index contributed by atoms with van der Waals surface area (Å²) >= 11 is 3.33. The SMILES string of the molecule is O=C(O)C(CCOc1ccc(Br)cc1)c1ccc(F)cc1. The lowest BCUT2D eigenvalue weighted by molar-refractivity contribution is -0.139. The van der Waals surface area contributed by atoms with E-state index in [0.717, 1.165) is 4.47 Å². The molecule has 0 aliphatic carbocycles. The van der Waals surface area contributed by atoms with Crippen molar-refractivity contribution < 1.29 is 19.0 Å². The fraction of sp³-hybridized carbons (Fsp3) is 0.188. The van der Waals surface area contributed by atoms with Crippen LogP contribution in [0.3, 0.4) is 0 Å². The Bertz CT molecular complexity index is 596. The third kappa shape index (κ3) is 4.56. The van der Waals surface area contributed by atoms with Gasteiger partial charge in [0.2, 0.25) is 0 Å². The van der Waals surface area contributed by atoms with Crippen molar-refractivity contribution in [3.63, 3.8) is 0 Å². The second-order valence-electron chi connectivity index (χ2n) is 4.53. The van der Waals surface area contributed by atoms with E-state index in [0.29, 0.717) is 17.7 Å². The Morgan fingerprint density at radius 2 is 1.76 bits per heavy atom. The molecule has 1 N–H and O–H groups in total. The molecule has 0 aliphatic rings. The molecule has 2 rings (SSSR count). The van der Waals surface area contributed by atoms with Crippen LogP contribution in [-0.4, -0.2) is 17.7 Å². The van der Waals surface area contributed by atoms with Gasteiger partial charge in [0.15, 0.2) is 0 Å². The minimum absolute atomic E-state index is 0.274. The van der Waals surface area contributed by atoms with Gasteiger partial charge >= 0.3 is 5.97 Å². The van der Waals surface area contributed by atoms with E-state index >= 15 is 0 Å². The predicted molar refractivity (Wildman–Crippen MR) is 81.0 cm³/mol. The zero-order valence-corrected chi connectivity index (χ0v) is 12.7. The van der Waals surface area contributed by atoms with E-state index in [1.54, 1.807) is 12.1 Å². The molecule has 3 nitrogen and oxygen atoms in total. The van der Waals surface area contributed by atoms with Crippen LogP contribution in [0, 0.1) is 5.82 Å². The normalized spacial score (nSPS) is 11.9. The first kappa shape index (κ1) is 15.5. The van der Waals surface area contributed by atoms with Crippen molar-refractivity contribution >= 4 is 21.9 Å². The molecule has 0 aliphatic heterocycles. The molecule has 0 bridgehead atoms. The summed E-state index contributed by atoms with van der Waals surface area (Å²) in [6.45, 7) is 0.274. The molecule has 0 radical (unpaired) electrons. The highest BCUT2D eigenvalue weighted by atomic mass is 79.9. The Kier molecular flexibility index (Phi) is 5.33. The number of carboxylic acid groups (broad SMARTS) is 1. The number of benzene rings is 2. The Morgan fingerprint density at radius 3 is 2.33 bits per heavy atom. The topological polar surface area (TPSA) is 46.5 Å². The van der Waals surface area contributed by atoms with Crippen molar-refractivity contribution in [1.82, 2.24) is 0 Å². The first-order valence-electron chi connectivity index (χ1n) is 6.43. The lowest BCUT2D eigenvalue weighted by atomic mass is 9.96. The van der Waals surface area contributed by atoms with E-state index in [9.17, 15) is 14.3 Å². The molecule has 110 valence electrons. The van der Waals surface area contributed by atoms with Gasteiger partial charge in [-0.3, -0.25) is 4.79 Å². The number of ether oxygens (including phenoxy) is 1. The number of carboxylic acids is 1. The summed E-state index contributed by atoms with van der Waals surface area (Å²) in [5.74, 6) is -1.35. The van der Waals surface area contributed by atoms with E-state index in [4.69, 9.17) is 4.74 Å².